The second-order valence-electron chi connectivity index (χ2n) is 5.28. The molecule has 0 amide bonds. The topological polar surface area (TPSA) is 55.6 Å². The zero-order valence-electron chi connectivity index (χ0n) is 13.2. The van der Waals surface area contributed by atoms with Crippen LogP contribution in [0.5, 0.6) is 0 Å². The molecular weight excluding hydrogens is 306 g/mol. The maximum Gasteiger partial charge on any atom is 0.149 e. The summed E-state index contributed by atoms with van der Waals surface area (Å²) in [6, 6.07) is 14.3. The van der Waals surface area contributed by atoms with Gasteiger partial charge in [-0.1, -0.05) is 30.3 Å². The fourth-order valence-corrected chi connectivity index (χ4v) is 2.60. The van der Waals surface area contributed by atoms with Crippen molar-refractivity contribution < 1.29 is 0 Å². The van der Waals surface area contributed by atoms with Gasteiger partial charge in [0.15, 0.2) is 0 Å². The van der Waals surface area contributed by atoms with Crippen LogP contribution in [0.25, 0.3) is 0 Å². The highest BCUT2D eigenvalue weighted by Gasteiger charge is 2.09. The van der Waals surface area contributed by atoms with E-state index in [9.17, 15) is 0 Å². The van der Waals surface area contributed by atoms with E-state index in [-0.39, 0.29) is 6.04 Å². The Labute approximate surface area is 140 Å². The Morgan fingerprint density at radius 1 is 1.13 bits per heavy atom. The average molecular weight is 325 g/mol. The van der Waals surface area contributed by atoms with Gasteiger partial charge in [-0.25, -0.2) is 0 Å². The van der Waals surface area contributed by atoms with Crippen LogP contribution in [0.4, 0.5) is 5.82 Å². The van der Waals surface area contributed by atoms with E-state index in [1.807, 2.05) is 47.5 Å². The number of nitrogens with zero attached hydrogens (tertiary/aromatic N) is 4. The number of hydrogen-bond acceptors (Lipinski definition) is 5. The maximum absolute atomic E-state index is 4.44. The van der Waals surface area contributed by atoms with Crippen LogP contribution in [-0.4, -0.2) is 26.2 Å². The molecule has 3 aromatic rings. The summed E-state index contributed by atoms with van der Waals surface area (Å²) in [7, 11) is 0. The molecule has 0 aliphatic carbocycles. The van der Waals surface area contributed by atoms with Gasteiger partial charge < -0.3 is 5.32 Å². The van der Waals surface area contributed by atoms with Gasteiger partial charge in [-0.3, -0.25) is 4.68 Å². The van der Waals surface area contributed by atoms with Crippen molar-refractivity contribution in [2.75, 3.05) is 11.6 Å². The highest BCUT2D eigenvalue weighted by molar-refractivity contribution is 7.98. The summed E-state index contributed by atoms with van der Waals surface area (Å²) in [5.74, 6) is 0.770. The minimum Gasteiger partial charge on any atom is -0.362 e. The smallest absolute Gasteiger partial charge is 0.149 e. The summed E-state index contributed by atoms with van der Waals surface area (Å²) in [5.41, 5.74) is 2.36. The normalized spacial score (nSPS) is 12.1. The highest BCUT2D eigenvalue weighted by Crippen LogP contribution is 2.18. The van der Waals surface area contributed by atoms with Gasteiger partial charge in [0.05, 0.1) is 18.8 Å². The van der Waals surface area contributed by atoms with Crippen LogP contribution in [0.1, 0.15) is 24.1 Å². The molecule has 1 aromatic carbocycles. The third kappa shape index (κ3) is 4.10. The number of nitrogens with one attached hydrogen (secondary N) is 1. The van der Waals surface area contributed by atoms with Crippen molar-refractivity contribution in [1.29, 1.82) is 0 Å². The molecule has 0 radical (unpaired) electrons. The molecule has 0 bridgehead atoms. The van der Waals surface area contributed by atoms with E-state index in [1.165, 1.54) is 5.56 Å². The molecule has 6 heteroatoms. The van der Waals surface area contributed by atoms with E-state index in [0.29, 0.717) is 0 Å². The van der Waals surface area contributed by atoms with Crippen LogP contribution in [0.2, 0.25) is 0 Å². The Morgan fingerprint density at radius 3 is 2.65 bits per heavy atom. The third-order valence-corrected chi connectivity index (χ3v) is 4.19. The van der Waals surface area contributed by atoms with Crippen LogP contribution >= 0.6 is 11.8 Å². The van der Waals surface area contributed by atoms with Crippen LogP contribution in [-0.2, 0) is 6.54 Å². The minimum atomic E-state index is 0.119. The lowest BCUT2D eigenvalue weighted by Gasteiger charge is -2.12. The first-order chi connectivity index (χ1) is 11.2. The summed E-state index contributed by atoms with van der Waals surface area (Å²) in [5, 5.41) is 17.0. The molecule has 118 valence electrons. The Balaban J connectivity index is 1.64. The molecule has 23 heavy (non-hydrogen) atoms. The molecule has 0 aliphatic rings. The summed E-state index contributed by atoms with van der Waals surface area (Å²) < 4.78 is 1.95. The monoisotopic (exact) mass is 325 g/mol. The van der Waals surface area contributed by atoms with E-state index < -0.39 is 0 Å². The van der Waals surface area contributed by atoms with Crippen molar-refractivity contribution >= 4 is 17.6 Å². The lowest BCUT2D eigenvalue weighted by molar-refractivity contribution is 0.685. The lowest BCUT2D eigenvalue weighted by atomic mass is 10.2. The number of aromatic nitrogens is 4. The predicted molar refractivity (Wildman–Crippen MR) is 93.6 cm³/mol. The first-order valence-electron chi connectivity index (χ1n) is 7.45. The van der Waals surface area contributed by atoms with Gasteiger partial charge >= 0.3 is 0 Å². The van der Waals surface area contributed by atoms with E-state index in [1.54, 1.807) is 11.8 Å². The van der Waals surface area contributed by atoms with Gasteiger partial charge in [0.1, 0.15) is 10.8 Å². The number of hydrogen-bond donors (Lipinski definition) is 1. The largest absolute Gasteiger partial charge is 0.362 e. The van der Waals surface area contributed by atoms with Crippen LogP contribution in [0, 0.1) is 0 Å². The van der Waals surface area contributed by atoms with Crippen molar-refractivity contribution in [3.63, 3.8) is 0 Å². The summed E-state index contributed by atoms with van der Waals surface area (Å²) in [6.07, 6.45) is 5.94. The zero-order valence-corrected chi connectivity index (χ0v) is 14.0. The predicted octanol–water partition coefficient (Wildman–Crippen LogP) is 3.62. The van der Waals surface area contributed by atoms with Crippen LogP contribution in [0.3, 0.4) is 0 Å². The summed E-state index contributed by atoms with van der Waals surface area (Å²) >= 11 is 1.58. The molecule has 0 aliphatic heterocycles. The van der Waals surface area contributed by atoms with Gasteiger partial charge in [0.25, 0.3) is 0 Å². The van der Waals surface area contributed by atoms with Crippen LogP contribution in [0.15, 0.2) is 59.9 Å². The first kappa shape index (κ1) is 15.6. The van der Waals surface area contributed by atoms with Crippen molar-refractivity contribution in [2.45, 2.75) is 24.5 Å². The highest BCUT2D eigenvalue weighted by atomic mass is 32.2. The first-order valence-corrected chi connectivity index (χ1v) is 8.67. The summed E-state index contributed by atoms with van der Waals surface area (Å²) in [4.78, 5) is 0. The lowest BCUT2D eigenvalue weighted by Crippen LogP contribution is -2.08. The SMILES string of the molecule is CSc1ccc(NC(C)c2cnn(Cc3ccccc3)c2)nn1. The number of anilines is 1. The van der Waals surface area contributed by atoms with Gasteiger partial charge in [-0.15, -0.1) is 22.0 Å². The van der Waals surface area contributed by atoms with Gasteiger partial charge in [0.2, 0.25) is 0 Å². The maximum atomic E-state index is 4.44. The molecule has 2 aromatic heterocycles. The minimum absolute atomic E-state index is 0.119. The quantitative estimate of drug-likeness (QED) is 0.702. The fraction of sp³-hybridized carbons (Fsp3) is 0.235. The fourth-order valence-electron chi connectivity index (χ4n) is 2.27. The number of benzene rings is 1. The van der Waals surface area contributed by atoms with E-state index in [4.69, 9.17) is 0 Å². The molecule has 1 N–H and O–H groups in total. The number of thioether (sulfide) groups is 1. The summed E-state index contributed by atoms with van der Waals surface area (Å²) in [6.45, 7) is 2.86. The van der Waals surface area contributed by atoms with E-state index in [2.05, 4.69) is 45.9 Å². The molecule has 2 heterocycles. The Bertz CT molecular complexity index is 739. The van der Waals surface area contributed by atoms with E-state index >= 15 is 0 Å². The molecule has 0 saturated heterocycles. The van der Waals surface area contributed by atoms with Gasteiger partial charge in [-0.2, -0.15) is 5.10 Å². The van der Waals surface area contributed by atoms with E-state index in [0.717, 1.165) is 23.0 Å². The molecule has 0 spiro atoms. The van der Waals surface area contributed by atoms with Crippen molar-refractivity contribution in [2.24, 2.45) is 0 Å². The second-order valence-corrected chi connectivity index (χ2v) is 6.11. The Kier molecular flexibility index (Phi) is 4.92. The third-order valence-electron chi connectivity index (χ3n) is 3.55. The van der Waals surface area contributed by atoms with Crippen molar-refractivity contribution in [3.05, 3.63) is 66.0 Å². The van der Waals surface area contributed by atoms with Crippen LogP contribution < -0.4 is 5.32 Å². The second kappa shape index (κ2) is 7.28. The van der Waals surface area contributed by atoms with Gasteiger partial charge in [-0.05, 0) is 30.9 Å². The molecular formula is C17H19N5S. The molecule has 3 rings (SSSR count). The van der Waals surface area contributed by atoms with Crippen molar-refractivity contribution in [1.82, 2.24) is 20.0 Å². The van der Waals surface area contributed by atoms with Crippen molar-refractivity contribution in [3.8, 4) is 0 Å². The number of rotatable bonds is 6. The Morgan fingerprint density at radius 2 is 1.96 bits per heavy atom. The van der Waals surface area contributed by atoms with Gasteiger partial charge in [0, 0.05) is 11.8 Å². The molecule has 0 fully saturated rings. The standard InChI is InChI=1S/C17H19N5S/c1-13(19-16-8-9-17(23-2)21-20-16)15-10-18-22(12-15)11-14-6-4-3-5-7-14/h3-10,12-13H,11H2,1-2H3,(H,19,20). The molecule has 1 atom stereocenters. The molecule has 0 saturated carbocycles. The Hall–Kier alpha value is -2.34. The zero-order chi connectivity index (χ0) is 16.1. The average Bonchev–Trinajstić information content (AvgIpc) is 3.05. The molecule has 5 nitrogen and oxygen atoms in total. The molecule has 1 unspecified atom stereocenters.